The maximum atomic E-state index is 12.9. The fourth-order valence-electron chi connectivity index (χ4n) is 3.16. The Morgan fingerprint density at radius 1 is 1.07 bits per heavy atom. The summed E-state index contributed by atoms with van der Waals surface area (Å²) in [5, 5.41) is 3.62. The van der Waals surface area contributed by atoms with Crippen LogP contribution >= 0.6 is 34.8 Å². The Morgan fingerprint density at radius 3 is 2.38 bits per heavy atom. The van der Waals surface area contributed by atoms with Crippen molar-refractivity contribution in [1.82, 2.24) is 4.31 Å². The number of sulfonamides is 1. The van der Waals surface area contributed by atoms with Crippen molar-refractivity contribution in [2.75, 3.05) is 25.5 Å². The van der Waals surface area contributed by atoms with Crippen LogP contribution in [0.5, 0.6) is 5.75 Å². The molecule has 1 aliphatic rings. The number of benzene rings is 2. The lowest BCUT2D eigenvalue weighted by atomic mass is 9.97. The lowest BCUT2D eigenvalue weighted by Crippen LogP contribution is -2.41. The molecule has 1 aliphatic heterocycles. The molecule has 29 heavy (non-hydrogen) atoms. The molecule has 0 unspecified atom stereocenters. The summed E-state index contributed by atoms with van der Waals surface area (Å²) >= 11 is 18.1. The summed E-state index contributed by atoms with van der Waals surface area (Å²) in [6.45, 7) is 0.430. The molecule has 0 aliphatic carbocycles. The fourth-order valence-corrected chi connectivity index (χ4v) is 5.63. The number of ether oxygens (including phenoxy) is 1. The van der Waals surface area contributed by atoms with Crippen LogP contribution in [0.2, 0.25) is 15.1 Å². The first kappa shape index (κ1) is 22.2. The zero-order valence-electron chi connectivity index (χ0n) is 15.5. The monoisotopic (exact) mass is 476 g/mol. The number of halogens is 3. The number of carbonyl (C=O) groups excluding carboxylic acids is 1. The molecule has 1 fully saturated rings. The summed E-state index contributed by atoms with van der Waals surface area (Å²) in [6.07, 6.45) is 0.792. The van der Waals surface area contributed by atoms with E-state index in [0.29, 0.717) is 34.3 Å². The minimum Gasteiger partial charge on any atom is -0.495 e. The van der Waals surface area contributed by atoms with Gasteiger partial charge in [0, 0.05) is 29.7 Å². The number of nitrogens with one attached hydrogen (secondary N) is 1. The lowest BCUT2D eigenvalue weighted by molar-refractivity contribution is -0.120. The van der Waals surface area contributed by atoms with Crippen molar-refractivity contribution in [3.05, 3.63) is 51.5 Å². The normalized spacial score (nSPS) is 15.9. The second kappa shape index (κ2) is 9.10. The summed E-state index contributed by atoms with van der Waals surface area (Å²) in [6, 6.07) is 9.30. The summed E-state index contributed by atoms with van der Waals surface area (Å²) in [4.78, 5) is 12.5. The number of anilines is 1. The molecule has 2 aromatic carbocycles. The quantitative estimate of drug-likeness (QED) is 0.677. The van der Waals surface area contributed by atoms with E-state index >= 15 is 0 Å². The second-order valence-corrected chi connectivity index (χ2v) is 9.75. The Morgan fingerprint density at radius 2 is 1.76 bits per heavy atom. The standard InChI is InChI=1S/C19H19Cl3N2O4S/c1-28-17-5-3-14(11-16(17)22)23-19(25)12-6-8-24(9-7-12)29(26,27)18-10-13(20)2-4-15(18)21/h2-5,10-12H,6-9H2,1H3,(H,23,25). The Bertz CT molecular complexity index is 1020. The van der Waals surface area contributed by atoms with Gasteiger partial charge in [-0.05, 0) is 49.2 Å². The second-order valence-electron chi connectivity index (χ2n) is 6.59. The van der Waals surface area contributed by atoms with Gasteiger partial charge in [-0.3, -0.25) is 4.79 Å². The van der Waals surface area contributed by atoms with Crippen molar-refractivity contribution in [1.29, 1.82) is 0 Å². The molecular weight excluding hydrogens is 459 g/mol. The van der Waals surface area contributed by atoms with Crippen molar-refractivity contribution in [2.45, 2.75) is 17.7 Å². The van der Waals surface area contributed by atoms with Gasteiger partial charge >= 0.3 is 0 Å². The van der Waals surface area contributed by atoms with Crippen LogP contribution < -0.4 is 10.1 Å². The molecule has 10 heteroatoms. The van der Waals surface area contributed by atoms with Crippen LogP contribution in [0.4, 0.5) is 5.69 Å². The SMILES string of the molecule is COc1ccc(NC(=O)C2CCN(S(=O)(=O)c3cc(Cl)ccc3Cl)CC2)cc1Cl. The van der Waals surface area contributed by atoms with E-state index in [9.17, 15) is 13.2 Å². The molecule has 1 saturated heterocycles. The average Bonchev–Trinajstić information content (AvgIpc) is 2.70. The van der Waals surface area contributed by atoms with Crippen molar-refractivity contribution >= 4 is 56.4 Å². The highest BCUT2D eigenvalue weighted by Crippen LogP contribution is 2.31. The summed E-state index contributed by atoms with van der Waals surface area (Å²) < 4.78 is 32.2. The van der Waals surface area contributed by atoms with Gasteiger partial charge in [-0.25, -0.2) is 8.42 Å². The first-order chi connectivity index (χ1) is 13.7. The van der Waals surface area contributed by atoms with Gasteiger partial charge in [-0.2, -0.15) is 4.31 Å². The maximum absolute atomic E-state index is 12.9. The Kier molecular flexibility index (Phi) is 6.96. The molecule has 2 aromatic rings. The number of amides is 1. The summed E-state index contributed by atoms with van der Waals surface area (Å²) in [7, 11) is -2.27. The van der Waals surface area contributed by atoms with Gasteiger partial charge < -0.3 is 10.1 Å². The lowest BCUT2D eigenvalue weighted by Gasteiger charge is -2.30. The number of carbonyl (C=O) groups is 1. The maximum Gasteiger partial charge on any atom is 0.244 e. The highest BCUT2D eigenvalue weighted by atomic mass is 35.5. The number of hydrogen-bond donors (Lipinski definition) is 1. The molecular formula is C19H19Cl3N2O4S. The van der Waals surface area contributed by atoms with E-state index in [0.717, 1.165) is 0 Å². The molecule has 0 saturated carbocycles. The van der Waals surface area contributed by atoms with E-state index in [1.54, 1.807) is 18.2 Å². The average molecular weight is 478 g/mol. The molecule has 3 rings (SSSR count). The molecule has 156 valence electrons. The highest BCUT2D eigenvalue weighted by Gasteiger charge is 2.33. The van der Waals surface area contributed by atoms with Crippen LogP contribution in [0, 0.1) is 5.92 Å². The molecule has 0 aromatic heterocycles. The Balaban J connectivity index is 1.64. The van der Waals surface area contributed by atoms with Crippen LogP contribution in [-0.4, -0.2) is 38.8 Å². The van der Waals surface area contributed by atoms with Crippen LogP contribution in [0.3, 0.4) is 0 Å². The van der Waals surface area contributed by atoms with Crippen LogP contribution in [0.1, 0.15) is 12.8 Å². The van der Waals surface area contributed by atoms with Crippen LogP contribution in [0.15, 0.2) is 41.3 Å². The van der Waals surface area contributed by atoms with Crippen molar-refractivity contribution in [3.63, 3.8) is 0 Å². The van der Waals surface area contributed by atoms with Crippen molar-refractivity contribution in [3.8, 4) is 5.75 Å². The molecule has 0 atom stereocenters. The van der Waals surface area contributed by atoms with Crippen molar-refractivity contribution < 1.29 is 17.9 Å². The van der Waals surface area contributed by atoms with E-state index in [4.69, 9.17) is 39.5 Å². The predicted molar refractivity (Wildman–Crippen MR) is 115 cm³/mol. The largest absolute Gasteiger partial charge is 0.495 e. The first-order valence-corrected chi connectivity index (χ1v) is 11.4. The number of piperidine rings is 1. The van der Waals surface area contributed by atoms with E-state index < -0.39 is 10.0 Å². The molecule has 0 bridgehead atoms. The smallest absolute Gasteiger partial charge is 0.244 e. The highest BCUT2D eigenvalue weighted by molar-refractivity contribution is 7.89. The predicted octanol–water partition coefficient (Wildman–Crippen LogP) is 4.69. The van der Waals surface area contributed by atoms with Crippen LogP contribution in [-0.2, 0) is 14.8 Å². The third-order valence-electron chi connectivity index (χ3n) is 4.76. The molecule has 1 amide bonds. The summed E-state index contributed by atoms with van der Waals surface area (Å²) in [5.41, 5.74) is 0.557. The fraction of sp³-hybridized carbons (Fsp3) is 0.316. The molecule has 0 spiro atoms. The number of methoxy groups -OCH3 is 1. The third kappa shape index (κ3) is 4.98. The third-order valence-corrected chi connectivity index (χ3v) is 7.67. The van der Waals surface area contributed by atoms with Gasteiger partial charge in [0.1, 0.15) is 10.6 Å². The molecule has 1 N–H and O–H groups in total. The van der Waals surface area contributed by atoms with E-state index in [1.807, 2.05) is 0 Å². The molecule has 6 nitrogen and oxygen atoms in total. The first-order valence-electron chi connectivity index (χ1n) is 8.82. The van der Waals surface area contributed by atoms with Gasteiger partial charge in [0.05, 0.1) is 17.2 Å². The van der Waals surface area contributed by atoms with Gasteiger partial charge in [-0.1, -0.05) is 34.8 Å². The minimum atomic E-state index is -3.78. The Labute approximate surface area is 184 Å². The zero-order valence-corrected chi connectivity index (χ0v) is 18.6. The molecule has 0 radical (unpaired) electrons. The van der Waals surface area contributed by atoms with Crippen molar-refractivity contribution in [2.24, 2.45) is 5.92 Å². The van der Waals surface area contributed by atoms with Gasteiger partial charge in [0.15, 0.2) is 0 Å². The zero-order chi connectivity index (χ0) is 21.2. The number of rotatable bonds is 5. The minimum absolute atomic E-state index is 0.0255. The van der Waals surface area contributed by atoms with Gasteiger partial charge in [-0.15, -0.1) is 0 Å². The van der Waals surface area contributed by atoms with E-state index in [1.165, 1.54) is 29.6 Å². The summed E-state index contributed by atoms with van der Waals surface area (Å²) in [5.74, 6) is 0.0316. The van der Waals surface area contributed by atoms with Gasteiger partial charge in [0.25, 0.3) is 0 Å². The Hall–Kier alpha value is -1.51. The van der Waals surface area contributed by atoms with E-state index in [2.05, 4.69) is 5.32 Å². The number of nitrogens with zero attached hydrogens (tertiary/aromatic N) is 1. The molecule has 1 heterocycles. The van der Waals surface area contributed by atoms with Gasteiger partial charge in [0.2, 0.25) is 15.9 Å². The topological polar surface area (TPSA) is 75.7 Å². The van der Waals surface area contributed by atoms with Crippen LogP contribution in [0.25, 0.3) is 0 Å². The number of hydrogen-bond acceptors (Lipinski definition) is 4. The van der Waals surface area contributed by atoms with E-state index in [-0.39, 0.29) is 34.8 Å².